The standard InChI is InChI=1S/C25H34N4O/c1-19(2)21-7-5-20(6-8-21)16-28-13-4-10-25(17-28)11-14-29(18-25)24(30)22-9-12-27-23(15-22)26-3/h5-9,12,15,19H,4,10-11,13-14,16-18H2,1-3H3,(H,26,27)/t25-/m1/s1. The van der Waals surface area contributed by atoms with Gasteiger partial charge in [-0.1, -0.05) is 38.1 Å². The van der Waals surface area contributed by atoms with E-state index in [1.807, 2.05) is 19.2 Å². The molecule has 1 atom stereocenters. The molecule has 4 rings (SSSR count). The molecule has 1 aromatic carbocycles. The Balaban J connectivity index is 1.39. The van der Waals surface area contributed by atoms with Gasteiger partial charge in [-0.15, -0.1) is 0 Å². The van der Waals surface area contributed by atoms with E-state index < -0.39 is 0 Å². The van der Waals surface area contributed by atoms with Crippen molar-refractivity contribution in [3.63, 3.8) is 0 Å². The Kier molecular flexibility index (Phi) is 6.09. The molecule has 1 spiro atoms. The van der Waals surface area contributed by atoms with Gasteiger partial charge in [0.1, 0.15) is 5.82 Å². The van der Waals surface area contributed by atoms with Crippen LogP contribution in [0.4, 0.5) is 5.82 Å². The summed E-state index contributed by atoms with van der Waals surface area (Å²) < 4.78 is 0. The third-order valence-electron chi connectivity index (χ3n) is 6.78. The van der Waals surface area contributed by atoms with Gasteiger partial charge in [-0.05, 0) is 55.0 Å². The van der Waals surface area contributed by atoms with Crippen molar-refractivity contribution in [2.75, 3.05) is 38.5 Å². The number of nitrogens with one attached hydrogen (secondary N) is 1. The third kappa shape index (κ3) is 4.51. The molecule has 2 aliphatic heterocycles. The van der Waals surface area contributed by atoms with Crippen LogP contribution in [0.3, 0.4) is 0 Å². The predicted molar refractivity (Wildman–Crippen MR) is 122 cm³/mol. The van der Waals surface area contributed by atoms with Crippen LogP contribution in [0, 0.1) is 5.41 Å². The smallest absolute Gasteiger partial charge is 0.254 e. The van der Waals surface area contributed by atoms with Gasteiger partial charge in [-0.3, -0.25) is 9.69 Å². The maximum Gasteiger partial charge on any atom is 0.254 e. The van der Waals surface area contributed by atoms with Crippen LogP contribution in [0.15, 0.2) is 42.6 Å². The van der Waals surface area contributed by atoms with E-state index in [0.717, 1.165) is 50.5 Å². The molecule has 1 N–H and O–H groups in total. The Morgan fingerprint density at radius 2 is 1.93 bits per heavy atom. The second kappa shape index (κ2) is 8.76. The maximum absolute atomic E-state index is 13.1. The van der Waals surface area contributed by atoms with Crippen molar-refractivity contribution in [1.82, 2.24) is 14.8 Å². The minimum absolute atomic E-state index is 0.132. The average Bonchev–Trinajstić information content (AvgIpc) is 3.16. The number of amides is 1. The zero-order valence-corrected chi connectivity index (χ0v) is 18.5. The molecule has 160 valence electrons. The Labute approximate surface area is 180 Å². The normalized spacial score (nSPS) is 22.1. The maximum atomic E-state index is 13.1. The number of hydrogen-bond acceptors (Lipinski definition) is 4. The largest absolute Gasteiger partial charge is 0.373 e. The van der Waals surface area contributed by atoms with Crippen molar-refractivity contribution in [1.29, 1.82) is 0 Å². The average molecular weight is 407 g/mol. The van der Waals surface area contributed by atoms with Crippen LogP contribution in [-0.4, -0.2) is 53.9 Å². The van der Waals surface area contributed by atoms with E-state index >= 15 is 0 Å². The molecular weight excluding hydrogens is 372 g/mol. The number of nitrogens with zero attached hydrogens (tertiary/aromatic N) is 3. The monoisotopic (exact) mass is 406 g/mol. The molecule has 2 saturated heterocycles. The van der Waals surface area contributed by atoms with Crippen LogP contribution in [0.5, 0.6) is 0 Å². The van der Waals surface area contributed by atoms with Gasteiger partial charge in [0.15, 0.2) is 0 Å². The number of pyridine rings is 1. The summed E-state index contributed by atoms with van der Waals surface area (Å²) in [6.07, 6.45) is 5.24. The number of rotatable bonds is 5. The molecule has 1 aromatic heterocycles. The molecule has 0 saturated carbocycles. The second-order valence-corrected chi connectivity index (χ2v) is 9.37. The lowest BCUT2D eigenvalue weighted by molar-refractivity contribution is 0.0675. The molecular formula is C25H34N4O. The lowest BCUT2D eigenvalue weighted by atomic mass is 9.79. The molecule has 2 fully saturated rings. The molecule has 2 aliphatic rings. The first-order valence-electron chi connectivity index (χ1n) is 11.2. The first-order chi connectivity index (χ1) is 14.5. The van der Waals surface area contributed by atoms with Crippen molar-refractivity contribution in [2.24, 2.45) is 5.41 Å². The first-order valence-corrected chi connectivity index (χ1v) is 11.2. The highest BCUT2D eigenvalue weighted by molar-refractivity contribution is 5.95. The minimum atomic E-state index is 0.132. The Morgan fingerprint density at radius 1 is 1.13 bits per heavy atom. The Bertz CT molecular complexity index is 879. The molecule has 30 heavy (non-hydrogen) atoms. The highest BCUT2D eigenvalue weighted by atomic mass is 16.2. The summed E-state index contributed by atoms with van der Waals surface area (Å²) in [7, 11) is 1.83. The molecule has 5 nitrogen and oxygen atoms in total. The molecule has 0 bridgehead atoms. The van der Waals surface area contributed by atoms with E-state index in [-0.39, 0.29) is 11.3 Å². The SMILES string of the molecule is CNc1cc(C(=O)N2CC[C@@]3(CCCN(Cc4ccc(C(C)C)cc4)C3)C2)ccn1. The quantitative estimate of drug-likeness (QED) is 0.801. The van der Waals surface area contributed by atoms with E-state index in [4.69, 9.17) is 0 Å². The van der Waals surface area contributed by atoms with Gasteiger partial charge in [0.2, 0.25) is 0 Å². The summed E-state index contributed by atoms with van der Waals surface area (Å²) in [6.45, 7) is 9.44. The van der Waals surface area contributed by atoms with Gasteiger partial charge in [0.25, 0.3) is 5.91 Å². The number of carbonyl (C=O) groups excluding carboxylic acids is 1. The van der Waals surface area contributed by atoms with Crippen LogP contribution in [0.2, 0.25) is 0 Å². The molecule has 0 unspecified atom stereocenters. The zero-order valence-electron chi connectivity index (χ0n) is 18.5. The van der Waals surface area contributed by atoms with Crippen LogP contribution >= 0.6 is 0 Å². The molecule has 0 aliphatic carbocycles. The van der Waals surface area contributed by atoms with Gasteiger partial charge in [-0.25, -0.2) is 4.98 Å². The summed E-state index contributed by atoms with van der Waals surface area (Å²) in [5.74, 6) is 1.44. The van der Waals surface area contributed by atoms with Crippen LogP contribution in [-0.2, 0) is 6.54 Å². The van der Waals surface area contributed by atoms with Crippen LogP contribution < -0.4 is 5.32 Å². The molecule has 3 heterocycles. The fourth-order valence-corrected chi connectivity index (χ4v) is 5.04. The van der Waals surface area contributed by atoms with Crippen molar-refractivity contribution in [3.05, 3.63) is 59.3 Å². The molecule has 1 amide bonds. The van der Waals surface area contributed by atoms with E-state index in [1.165, 1.54) is 24.0 Å². The van der Waals surface area contributed by atoms with Gasteiger partial charge >= 0.3 is 0 Å². The number of likely N-dealkylation sites (tertiary alicyclic amines) is 2. The lowest BCUT2D eigenvalue weighted by Crippen LogP contribution is -2.45. The van der Waals surface area contributed by atoms with Crippen molar-refractivity contribution < 1.29 is 4.79 Å². The van der Waals surface area contributed by atoms with E-state index in [2.05, 4.69) is 58.2 Å². The highest BCUT2D eigenvalue weighted by Gasteiger charge is 2.42. The zero-order chi connectivity index (χ0) is 21.1. The van der Waals surface area contributed by atoms with E-state index in [9.17, 15) is 4.79 Å². The van der Waals surface area contributed by atoms with Crippen LogP contribution in [0.25, 0.3) is 0 Å². The number of carbonyl (C=O) groups is 1. The summed E-state index contributed by atoms with van der Waals surface area (Å²) >= 11 is 0. The van der Waals surface area contributed by atoms with Crippen molar-refractivity contribution in [3.8, 4) is 0 Å². The molecule has 5 heteroatoms. The number of benzene rings is 1. The van der Waals surface area contributed by atoms with Gasteiger partial charge in [-0.2, -0.15) is 0 Å². The van der Waals surface area contributed by atoms with Gasteiger partial charge < -0.3 is 10.2 Å². The highest BCUT2D eigenvalue weighted by Crippen LogP contribution is 2.40. The van der Waals surface area contributed by atoms with Crippen molar-refractivity contribution >= 4 is 11.7 Å². The first kappa shape index (κ1) is 20.9. The number of aromatic nitrogens is 1. The summed E-state index contributed by atoms with van der Waals surface area (Å²) in [5.41, 5.74) is 3.75. The summed E-state index contributed by atoms with van der Waals surface area (Å²) in [4.78, 5) is 21.9. The number of anilines is 1. The van der Waals surface area contributed by atoms with Gasteiger partial charge in [0.05, 0.1) is 0 Å². The van der Waals surface area contributed by atoms with Crippen molar-refractivity contribution in [2.45, 2.75) is 45.6 Å². The van der Waals surface area contributed by atoms with Crippen LogP contribution in [0.1, 0.15) is 60.5 Å². The molecule has 0 radical (unpaired) electrons. The Morgan fingerprint density at radius 3 is 2.67 bits per heavy atom. The number of hydrogen-bond donors (Lipinski definition) is 1. The molecule has 2 aromatic rings. The summed E-state index contributed by atoms with van der Waals surface area (Å²) in [5, 5.41) is 3.02. The van der Waals surface area contributed by atoms with E-state index in [1.54, 1.807) is 6.20 Å². The Hall–Kier alpha value is -2.40. The minimum Gasteiger partial charge on any atom is -0.373 e. The fourth-order valence-electron chi connectivity index (χ4n) is 5.04. The number of piperidine rings is 1. The van der Waals surface area contributed by atoms with E-state index in [0.29, 0.717) is 5.92 Å². The van der Waals surface area contributed by atoms with Gasteiger partial charge in [0, 0.05) is 50.4 Å². The predicted octanol–water partition coefficient (Wildman–Crippen LogP) is 4.38. The summed E-state index contributed by atoms with van der Waals surface area (Å²) in [6, 6.07) is 12.8. The lowest BCUT2D eigenvalue weighted by Gasteiger charge is -2.40. The second-order valence-electron chi connectivity index (χ2n) is 9.37. The fraction of sp³-hybridized carbons (Fsp3) is 0.520. The topological polar surface area (TPSA) is 48.5 Å². The third-order valence-corrected chi connectivity index (χ3v) is 6.78.